The molecule has 0 unspecified atom stereocenters. The van der Waals surface area contributed by atoms with Crippen molar-refractivity contribution >= 4 is 60.3 Å². The van der Waals surface area contributed by atoms with Crippen molar-refractivity contribution in [2.45, 2.75) is 6.42 Å². The Morgan fingerprint density at radius 2 is 1.57 bits per heavy atom. The van der Waals surface area contributed by atoms with E-state index in [9.17, 15) is 0 Å². The Kier molecular flexibility index (Phi) is 4.77. The van der Waals surface area contributed by atoms with Crippen LogP contribution < -0.4 is 21.1 Å². The van der Waals surface area contributed by atoms with Gasteiger partial charge in [-0.05, 0) is 0 Å². The molecule has 0 amide bonds. The van der Waals surface area contributed by atoms with Crippen molar-refractivity contribution in [3.05, 3.63) is 24.3 Å². The average molecular weight is 382 g/mol. The van der Waals surface area contributed by atoms with Crippen molar-refractivity contribution in [3.63, 3.8) is 0 Å². The van der Waals surface area contributed by atoms with Crippen molar-refractivity contribution in [2.24, 2.45) is 0 Å². The summed E-state index contributed by atoms with van der Waals surface area (Å²) >= 11 is -0.953. The summed E-state index contributed by atoms with van der Waals surface area (Å²) in [4.78, 5) is 11.8. The van der Waals surface area contributed by atoms with Gasteiger partial charge in [0.15, 0.2) is 0 Å². The zero-order chi connectivity index (χ0) is 14.7. The summed E-state index contributed by atoms with van der Waals surface area (Å²) in [6.45, 7) is 0. The number of rotatable bonds is 3. The Bertz CT molecular complexity index is 597. The summed E-state index contributed by atoms with van der Waals surface area (Å²) in [5.41, 5.74) is 12.0. The van der Waals surface area contributed by atoms with Gasteiger partial charge >= 0.3 is 134 Å². The minimum atomic E-state index is -0.953. The first-order valence-corrected chi connectivity index (χ1v) is 13.8. The minimum absolute atomic E-state index is 0.115. The Morgan fingerprint density at radius 1 is 0.952 bits per heavy atom. The normalized spacial score (nSPS) is 15.8. The second kappa shape index (κ2) is 6.77. The molecule has 2 heterocycles. The maximum absolute atomic E-state index is 5.55. The third kappa shape index (κ3) is 3.96. The van der Waals surface area contributed by atoms with Crippen LogP contribution in [0.2, 0.25) is 0 Å². The molecule has 9 heteroatoms. The quantitative estimate of drug-likeness (QED) is 0.684. The van der Waals surface area contributed by atoms with Crippen LogP contribution in [0.4, 0.5) is 23.5 Å². The first-order chi connectivity index (χ1) is 10.2. The molecule has 0 spiro atoms. The van der Waals surface area contributed by atoms with E-state index in [1.165, 1.54) is 22.3 Å². The molecule has 0 radical (unpaired) electrons. The summed E-state index contributed by atoms with van der Waals surface area (Å²) in [5.74, 6) is 3.20. The van der Waals surface area contributed by atoms with Crippen LogP contribution in [-0.2, 0) is 0 Å². The molecule has 1 saturated heterocycles. The maximum atomic E-state index is 5.55. The number of benzene rings is 1. The molecule has 2 aromatic rings. The average Bonchev–Trinajstić information content (AvgIpc) is 2.48. The van der Waals surface area contributed by atoms with E-state index in [0.717, 1.165) is 5.69 Å². The molecule has 0 aliphatic carbocycles. The molecular formula is C12H15AsN6S2. The third-order valence-corrected chi connectivity index (χ3v) is 16.4. The molecule has 1 fully saturated rings. The number of nitrogens with one attached hydrogen (secondary N) is 1. The molecule has 0 bridgehead atoms. The van der Waals surface area contributed by atoms with Crippen LogP contribution in [0.3, 0.4) is 0 Å². The number of nitrogens with two attached hydrogens (primary N) is 2. The van der Waals surface area contributed by atoms with Gasteiger partial charge in [0.25, 0.3) is 0 Å². The van der Waals surface area contributed by atoms with Crippen LogP contribution in [0.1, 0.15) is 6.42 Å². The monoisotopic (exact) mass is 382 g/mol. The fraction of sp³-hybridized carbons (Fsp3) is 0.250. The van der Waals surface area contributed by atoms with Crippen LogP contribution in [-0.4, -0.2) is 38.8 Å². The molecule has 1 aliphatic heterocycles. The predicted molar refractivity (Wildman–Crippen MR) is 93.3 cm³/mol. The number of aromatic nitrogens is 3. The van der Waals surface area contributed by atoms with E-state index >= 15 is 0 Å². The van der Waals surface area contributed by atoms with E-state index in [1.807, 2.05) is 0 Å². The Balaban J connectivity index is 1.71. The second-order valence-electron chi connectivity index (χ2n) is 4.32. The van der Waals surface area contributed by atoms with E-state index in [0.29, 0.717) is 5.95 Å². The Morgan fingerprint density at radius 3 is 2.19 bits per heavy atom. The van der Waals surface area contributed by atoms with Gasteiger partial charge in [0.1, 0.15) is 0 Å². The summed E-state index contributed by atoms with van der Waals surface area (Å²) in [5, 5.41) is 3.10. The van der Waals surface area contributed by atoms with Crippen molar-refractivity contribution in [1.82, 2.24) is 15.0 Å². The van der Waals surface area contributed by atoms with E-state index in [2.05, 4.69) is 64.6 Å². The number of anilines is 4. The molecule has 5 N–H and O–H groups in total. The molecule has 1 aliphatic rings. The van der Waals surface area contributed by atoms with Crippen molar-refractivity contribution in [2.75, 3.05) is 28.3 Å². The van der Waals surface area contributed by atoms with Gasteiger partial charge < -0.3 is 0 Å². The number of hydrogen-bond donors (Lipinski definition) is 3. The standard InChI is InChI=1S/C12H15AsN6S2/c14-10-17-11(15)19-12(18-10)16-9-4-2-8(3-5-9)13-20-6-1-7-21-13/h2-5H,1,6-7H2,(H5,14,15,16,17,18,19). The Hall–Kier alpha value is -1.11. The van der Waals surface area contributed by atoms with Crippen LogP contribution in [0.25, 0.3) is 0 Å². The summed E-state index contributed by atoms with van der Waals surface area (Å²) < 4.78 is 1.48. The second-order valence-corrected chi connectivity index (χ2v) is 16.1. The van der Waals surface area contributed by atoms with E-state index in [1.54, 1.807) is 0 Å². The van der Waals surface area contributed by atoms with Gasteiger partial charge in [-0.3, -0.25) is 0 Å². The molecule has 1 aromatic heterocycles. The summed E-state index contributed by atoms with van der Waals surface area (Å²) in [6, 6.07) is 8.50. The van der Waals surface area contributed by atoms with Gasteiger partial charge in [0.2, 0.25) is 0 Å². The molecule has 1 aromatic carbocycles. The molecule has 6 nitrogen and oxygen atoms in total. The number of nitrogen functional groups attached to an aromatic ring is 2. The van der Waals surface area contributed by atoms with Crippen LogP contribution >= 0.6 is 20.0 Å². The molecule has 21 heavy (non-hydrogen) atoms. The first kappa shape index (κ1) is 14.8. The molecule has 0 saturated carbocycles. The van der Waals surface area contributed by atoms with Crippen LogP contribution in [0.5, 0.6) is 0 Å². The predicted octanol–water partition coefficient (Wildman–Crippen LogP) is 1.34. The van der Waals surface area contributed by atoms with Crippen LogP contribution in [0.15, 0.2) is 24.3 Å². The molecule has 0 atom stereocenters. The fourth-order valence-corrected chi connectivity index (χ4v) is 14.9. The zero-order valence-corrected chi connectivity index (χ0v) is 14.7. The van der Waals surface area contributed by atoms with Gasteiger partial charge in [0.05, 0.1) is 0 Å². The van der Waals surface area contributed by atoms with Gasteiger partial charge in [-0.1, -0.05) is 0 Å². The van der Waals surface area contributed by atoms with Crippen molar-refractivity contribution in [3.8, 4) is 0 Å². The zero-order valence-electron chi connectivity index (χ0n) is 11.2. The van der Waals surface area contributed by atoms with Crippen molar-refractivity contribution in [1.29, 1.82) is 0 Å². The third-order valence-electron chi connectivity index (χ3n) is 2.71. The topological polar surface area (TPSA) is 103 Å². The summed E-state index contributed by atoms with van der Waals surface area (Å²) in [6.07, 6.45) is 1.34. The van der Waals surface area contributed by atoms with E-state index in [4.69, 9.17) is 11.5 Å². The SMILES string of the molecule is Nc1nc(N)nc(Nc2ccc([As]3SCCCS3)cc2)n1. The number of hydrogen-bond acceptors (Lipinski definition) is 8. The van der Waals surface area contributed by atoms with Gasteiger partial charge in [-0.15, -0.1) is 0 Å². The molecular weight excluding hydrogens is 367 g/mol. The fourth-order valence-electron chi connectivity index (χ4n) is 1.80. The van der Waals surface area contributed by atoms with Gasteiger partial charge in [-0.25, -0.2) is 0 Å². The molecule has 110 valence electrons. The summed E-state index contributed by atoms with van der Waals surface area (Å²) in [7, 11) is 4.30. The van der Waals surface area contributed by atoms with Crippen LogP contribution in [0, 0.1) is 0 Å². The number of nitrogens with zero attached hydrogens (tertiary/aromatic N) is 3. The van der Waals surface area contributed by atoms with E-state index in [-0.39, 0.29) is 11.9 Å². The van der Waals surface area contributed by atoms with Gasteiger partial charge in [-0.2, -0.15) is 0 Å². The molecule has 3 rings (SSSR count). The first-order valence-electron chi connectivity index (χ1n) is 6.41. The Labute approximate surface area is 134 Å². The van der Waals surface area contributed by atoms with Gasteiger partial charge in [0, 0.05) is 0 Å². The van der Waals surface area contributed by atoms with E-state index < -0.39 is 12.3 Å². The van der Waals surface area contributed by atoms with Crippen molar-refractivity contribution < 1.29 is 0 Å².